The Labute approximate surface area is 123 Å². The molecule has 2 nitrogen and oxygen atoms in total. The van der Waals surface area contributed by atoms with E-state index in [4.69, 9.17) is 16.9 Å². The molecular formula is C14H9BrClFN2. The first kappa shape index (κ1) is 13.9. The maximum Gasteiger partial charge on any atom is 0.141 e. The Morgan fingerprint density at radius 3 is 2.79 bits per heavy atom. The van der Waals surface area contributed by atoms with Gasteiger partial charge in [-0.25, -0.2) is 4.39 Å². The number of nitriles is 1. The summed E-state index contributed by atoms with van der Waals surface area (Å²) >= 11 is 9.04. The second-order valence-electron chi connectivity index (χ2n) is 3.88. The van der Waals surface area contributed by atoms with Crippen molar-refractivity contribution in [2.75, 3.05) is 5.32 Å². The predicted molar refractivity (Wildman–Crippen MR) is 77.6 cm³/mol. The van der Waals surface area contributed by atoms with E-state index in [2.05, 4.69) is 27.3 Å². The zero-order valence-corrected chi connectivity index (χ0v) is 12.1. The molecule has 5 heteroatoms. The average molecular weight is 340 g/mol. The fourth-order valence-corrected chi connectivity index (χ4v) is 2.29. The molecule has 0 saturated carbocycles. The van der Waals surface area contributed by atoms with Crippen LogP contribution in [0.15, 0.2) is 40.9 Å². The van der Waals surface area contributed by atoms with Crippen molar-refractivity contribution in [1.29, 1.82) is 5.26 Å². The molecule has 0 spiro atoms. The third-order valence-electron chi connectivity index (χ3n) is 2.59. The number of hydrogen-bond donors (Lipinski definition) is 1. The Morgan fingerprint density at radius 2 is 2.11 bits per heavy atom. The van der Waals surface area contributed by atoms with Gasteiger partial charge in [-0.05, 0) is 45.8 Å². The molecular weight excluding hydrogens is 331 g/mol. The van der Waals surface area contributed by atoms with Gasteiger partial charge in [0.1, 0.15) is 11.9 Å². The molecule has 0 heterocycles. The number of nitrogens with zero attached hydrogens (tertiary/aromatic N) is 1. The average Bonchev–Trinajstić information content (AvgIpc) is 2.40. The van der Waals surface area contributed by atoms with Gasteiger partial charge in [-0.1, -0.05) is 23.7 Å². The molecule has 2 rings (SSSR count). The van der Waals surface area contributed by atoms with Gasteiger partial charge in [-0.15, -0.1) is 0 Å². The number of rotatable bonds is 3. The number of nitrogens with one attached hydrogen (secondary N) is 1. The van der Waals surface area contributed by atoms with Crippen molar-refractivity contribution >= 4 is 33.2 Å². The van der Waals surface area contributed by atoms with Gasteiger partial charge in [-0.2, -0.15) is 5.26 Å². The SMILES string of the molecule is N#Cc1c(Br)cccc1NCc1ccc(F)c(Cl)c1. The number of hydrogen-bond acceptors (Lipinski definition) is 2. The highest BCUT2D eigenvalue weighted by atomic mass is 79.9. The fourth-order valence-electron chi connectivity index (χ4n) is 1.63. The van der Waals surface area contributed by atoms with Gasteiger partial charge in [0.25, 0.3) is 0 Å². The van der Waals surface area contributed by atoms with Crippen LogP contribution in [-0.4, -0.2) is 0 Å². The van der Waals surface area contributed by atoms with E-state index in [1.54, 1.807) is 18.2 Å². The smallest absolute Gasteiger partial charge is 0.141 e. The Bertz CT molecular complexity index is 652. The molecule has 1 N–H and O–H groups in total. The molecule has 0 atom stereocenters. The van der Waals surface area contributed by atoms with Crippen LogP contribution >= 0.6 is 27.5 Å². The van der Waals surface area contributed by atoms with Crippen molar-refractivity contribution in [3.8, 4) is 6.07 Å². The van der Waals surface area contributed by atoms with Crippen LogP contribution in [0.3, 0.4) is 0 Å². The number of benzene rings is 2. The van der Waals surface area contributed by atoms with E-state index in [0.29, 0.717) is 12.1 Å². The largest absolute Gasteiger partial charge is 0.380 e. The molecule has 0 bridgehead atoms. The predicted octanol–water partition coefficient (Wildman–Crippen LogP) is 4.73. The quantitative estimate of drug-likeness (QED) is 0.878. The van der Waals surface area contributed by atoms with E-state index in [1.165, 1.54) is 6.07 Å². The van der Waals surface area contributed by atoms with Gasteiger partial charge < -0.3 is 5.32 Å². The van der Waals surface area contributed by atoms with E-state index in [1.807, 2.05) is 12.1 Å². The topological polar surface area (TPSA) is 35.8 Å². The molecule has 2 aromatic rings. The molecule has 0 aliphatic heterocycles. The van der Waals surface area contributed by atoms with Gasteiger partial charge in [0.05, 0.1) is 16.3 Å². The molecule has 0 aliphatic carbocycles. The van der Waals surface area contributed by atoms with Crippen LogP contribution in [0, 0.1) is 17.1 Å². The third-order valence-corrected chi connectivity index (χ3v) is 3.54. The van der Waals surface area contributed by atoms with Crippen molar-refractivity contribution in [1.82, 2.24) is 0 Å². The van der Waals surface area contributed by atoms with E-state index in [0.717, 1.165) is 15.7 Å². The summed E-state index contributed by atoms with van der Waals surface area (Å²) in [5, 5.41) is 12.3. The highest BCUT2D eigenvalue weighted by Crippen LogP contribution is 2.24. The number of anilines is 1. The summed E-state index contributed by atoms with van der Waals surface area (Å²) in [6.45, 7) is 0.463. The molecule has 0 saturated heterocycles. The lowest BCUT2D eigenvalue weighted by molar-refractivity contribution is 0.627. The van der Waals surface area contributed by atoms with E-state index >= 15 is 0 Å². The summed E-state index contributed by atoms with van der Waals surface area (Å²) in [6.07, 6.45) is 0. The fraction of sp³-hybridized carbons (Fsp3) is 0.0714. The van der Waals surface area contributed by atoms with Crippen LogP contribution in [0.5, 0.6) is 0 Å². The first-order valence-electron chi connectivity index (χ1n) is 5.48. The lowest BCUT2D eigenvalue weighted by Crippen LogP contribution is -2.01. The number of halogens is 3. The zero-order valence-electron chi connectivity index (χ0n) is 9.75. The minimum atomic E-state index is -0.439. The van der Waals surface area contributed by atoms with Crippen LogP contribution in [0.4, 0.5) is 10.1 Å². The first-order valence-corrected chi connectivity index (χ1v) is 6.65. The monoisotopic (exact) mass is 338 g/mol. The van der Waals surface area contributed by atoms with Crippen LogP contribution in [0.1, 0.15) is 11.1 Å². The van der Waals surface area contributed by atoms with Gasteiger partial charge in [-0.3, -0.25) is 0 Å². The summed E-state index contributed by atoms with van der Waals surface area (Å²) < 4.78 is 13.8. The lowest BCUT2D eigenvalue weighted by Gasteiger charge is -2.09. The Kier molecular flexibility index (Phi) is 4.41. The molecule has 0 radical (unpaired) electrons. The van der Waals surface area contributed by atoms with Crippen LogP contribution in [0.25, 0.3) is 0 Å². The van der Waals surface area contributed by atoms with Gasteiger partial charge in [0.15, 0.2) is 0 Å². The molecule has 0 fully saturated rings. The summed E-state index contributed by atoms with van der Waals surface area (Å²) in [5.41, 5.74) is 2.10. The summed E-state index contributed by atoms with van der Waals surface area (Å²) in [6, 6.07) is 12.1. The normalized spacial score (nSPS) is 10.0. The molecule has 0 aliphatic rings. The molecule has 96 valence electrons. The van der Waals surface area contributed by atoms with Crippen molar-refractivity contribution in [3.63, 3.8) is 0 Å². The van der Waals surface area contributed by atoms with Gasteiger partial charge in [0.2, 0.25) is 0 Å². The maximum absolute atomic E-state index is 13.0. The van der Waals surface area contributed by atoms with E-state index in [9.17, 15) is 4.39 Å². The van der Waals surface area contributed by atoms with Crippen molar-refractivity contribution in [3.05, 3.63) is 62.8 Å². The van der Waals surface area contributed by atoms with Crippen molar-refractivity contribution in [2.45, 2.75) is 6.54 Å². The molecule has 2 aromatic carbocycles. The third kappa shape index (κ3) is 3.25. The second kappa shape index (κ2) is 6.05. The minimum Gasteiger partial charge on any atom is -0.380 e. The summed E-state index contributed by atoms with van der Waals surface area (Å²) in [5.74, 6) is -0.439. The van der Waals surface area contributed by atoms with Crippen molar-refractivity contribution < 1.29 is 4.39 Å². The van der Waals surface area contributed by atoms with E-state index < -0.39 is 5.82 Å². The highest BCUT2D eigenvalue weighted by molar-refractivity contribution is 9.10. The molecule has 0 unspecified atom stereocenters. The second-order valence-corrected chi connectivity index (χ2v) is 5.14. The maximum atomic E-state index is 13.0. The Balaban J connectivity index is 2.17. The molecule has 0 amide bonds. The van der Waals surface area contributed by atoms with Crippen LogP contribution in [0.2, 0.25) is 5.02 Å². The molecule has 19 heavy (non-hydrogen) atoms. The van der Waals surface area contributed by atoms with Crippen LogP contribution in [-0.2, 0) is 6.54 Å². The summed E-state index contributed by atoms with van der Waals surface area (Å²) in [7, 11) is 0. The zero-order chi connectivity index (χ0) is 13.8. The van der Waals surface area contributed by atoms with Gasteiger partial charge >= 0.3 is 0 Å². The summed E-state index contributed by atoms with van der Waals surface area (Å²) in [4.78, 5) is 0. The minimum absolute atomic E-state index is 0.0917. The van der Waals surface area contributed by atoms with Gasteiger partial charge in [0, 0.05) is 11.0 Å². The van der Waals surface area contributed by atoms with Crippen molar-refractivity contribution in [2.24, 2.45) is 0 Å². The van der Waals surface area contributed by atoms with E-state index in [-0.39, 0.29) is 5.02 Å². The first-order chi connectivity index (χ1) is 9.11. The highest BCUT2D eigenvalue weighted by Gasteiger charge is 2.06. The van der Waals surface area contributed by atoms with Crippen LogP contribution < -0.4 is 5.32 Å². The Morgan fingerprint density at radius 1 is 1.32 bits per heavy atom. The lowest BCUT2D eigenvalue weighted by atomic mass is 10.1. The Hall–Kier alpha value is -1.57. The standard InChI is InChI=1S/C14H9BrClFN2/c15-11-2-1-3-14(10(11)7-18)19-8-9-4-5-13(17)12(16)6-9/h1-6,19H,8H2. The molecule has 0 aromatic heterocycles.